The molecule has 0 aliphatic carbocycles. The van der Waals surface area contributed by atoms with Crippen molar-refractivity contribution in [1.29, 1.82) is 5.26 Å². The van der Waals surface area contributed by atoms with E-state index in [9.17, 15) is 0 Å². The third kappa shape index (κ3) is 6.18. The monoisotopic (exact) mass is 168 g/mol. The normalized spacial score (nSPS) is 12.4. The van der Waals surface area contributed by atoms with Gasteiger partial charge in [-0.15, -0.1) is 0 Å². The highest BCUT2D eigenvalue weighted by Gasteiger charge is 2.02. The van der Waals surface area contributed by atoms with E-state index in [-0.39, 0.29) is 0 Å². The van der Waals surface area contributed by atoms with E-state index in [0.29, 0.717) is 12.5 Å². The van der Waals surface area contributed by atoms with Crippen LogP contribution < -0.4 is 5.32 Å². The summed E-state index contributed by atoms with van der Waals surface area (Å²) in [6.07, 6.45) is 5.48. The molecular weight excluding hydrogens is 148 g/mol. The highest BCUT2D eigenvalue weighted by Crippen LogP contribution is 1.97. The number of nitrogens with one attached hydrogen (secondary N) is 1. The third-order valence-electron chi connectivity index (χ3n) is 2.04. The zero-order chi connectivity index (χ0) is 9.23. The number of nitriles is 1. The molecule has 0 amide bonds. The van der Waals surface area contributed by atoms with Crippen LogP contribution in [0.4, 0.5) is 0 Å². The first-order valence-electron chi connectivity index (χ1n) is 4.95. The van der Waals surface area contributed by atoms with Crippen molar-refractivity contribution in [2.75, 3.05) is 6.54 Å². The molecule has 12 heavy (non-hydrogen) atoms. The van der Waals surface area contributed by atoms with E-state index in [4.69, 9.17) is 5.26 Å². The Balaban J connectivity index is 3.26. The lowest BCUT2D eigenvalue weighted by Crippen LogP contribution is -2.28. The van der Waals surface area contributed by atoms with E-state index in [0.717, 1.165) is 13.0 Å². The number of hydrogen-bond acceptors (Lipinski definition) is 2. The van der Waals surface area contributed by atoms with E-state index in [1.165, 1.54) is 19.3 Å². The second-order valence-corrected chi connectivity index (χ2v) is 3.13. The summed E-state index contributed by atoms with van der Waals surface area (Å²) in [6, 6.07) is 2.61. The molecule has 0 saturated carbocycles. The number of hydrogen-bond donors (Lipinski definition) is 1. The van der Waals surface area contributed by atoms with E-state index in [1.807, 2.05) is 0 Å². The van der Waals surface area contributed by atoms with Crippen molar-refractivity contribution in [2.45, 2.75) is 52.0 Å². The first-order chi connectivity index (χ1) is 5.85. The molecule has 0 aliphatic rings. The second kappa shape index (κ2) is 8.55. The largest absolute Gasteiger partial charge is 0.313 e. The van der Waals surface area contributed by atoms with Gasteiger partial charge in [0.05, 0.1) is 12.5 Å². The minimum Gasteiger partial charge on any atom is -0.313 e. The molecule has 1 N–H and O–H groups in total. The second-order valence-electron chi connectivity index (χ2n) is 3.13. The SMILES string of the molecule is CCCCCNC(CC)CC#N. The van der Waals surface area contributed by atoms with Crippen LogP contribution in [-0.4, -0.2) is 12.6 Å². The van der Waals surface area contributed by atoms with Crippen molar-refractivity contribution in [1.82, 2.24) is 5.32 Å². The van der Waals surface area contributed by atoms with Gasteiger partial charge in [-0.05, 0) is 19.4 Å². The van der Waals surface area contributed by atoms with Crippen LogP contribution in [0.15, 0.2) is 0 Å². The Hall–Kier alpha value is -0.550. The topological polar surface area (TPSA) is 35.8 Å². The van der Waals surface area contributed by atoms with Gasteiger partial charge in [-0.25, -0.2) is 0 Å². The lowest BCUT2D eigenvalue weighted by molar-refractivity contribution is 0.490. The van der Waals surface area contributed by atoms with Crippen molar-refractivity contribution in [3.63, 3.8) is 0 Å². The van der Waals surface area contributed by atoms with Gasteiger partial charge in [-0.3, -0.25) is 0 Å². The van der Waals surface area contributed by atoms with Gasteiger partial charge in [0.25, 0.3) is 0 Å². The van der Waals surface area contributed by atoms with Gasteiger partial charge < -0.3 is 5.32 Å². The van der Waals surface area contributed by atoms with Gasteiger partial charge >= 0.3 is 0 Å². The zero-order valence-corrected chi connectivity index (χ0v) is 8.27. The van der Waals surface area contributed by atoms with E-state index in [1.54, 1.807) is 0 Å². The molecule has 2 heteroatoms. The van der Waals surface area contributed by atoms with E-state index < -0.39 is 0 Å². The Bertz CT molecular complexity index is 126. The minimum atomic E-state index is 0.409. The van der Waals surface area contributed by atoms with Crippen LogP contribution in [0.3, 0.4) is 0 Å². The van der Waals surface area contributed by atoms with E-state index >= 15 is 0 Å². The van der Waals surface area contributed by atoms with Crippen molar-refractivity contribution >= 4 is 0 Å². The summed E-state index contributed by atoms with van der Waals surface area (Å²) >= 11 is 0. The molecule has 0 spiro atoms. The fourth-order valence-electron chi connectivity index (χ4n) is 1.15. The van der Waals surface area contributed by atoms with Crippen LogP contribution in [0.1, 0.15) is 46.0 Å². The molecule has 0 fully saturated rings. The highest BCUT2D eigenvalue weighted by atomic mass is 14.9. The number of nitrogens with zero attached hydrogens (tertiary/aromatic N) is 1. The molecule has 1 unspecified atom stereocenters. The van der Waals surface area contributed by atoms with Crippen LogP contribution in [0.25, 0.3) is 0 Å². The molecule has 0 aromatic heterocycles. The third-order valence-corrected chi connectivity index (χ3v) is 2.04. The van der Waals surface area contributed by atoms with Crippen molar-refractivity contribution < 1.29 is 0 Å². The summed E-state index contributed by atoms with van der Waals surface area (Å²) in [5, 5.41) is 11.9. The molecule has 1 atom stereocenters. The first-order valence-corrected chi connectivity index (χ1v) is 4.95. The first kappa shape index (κ1) is 11.4. The van der Waals surface area contributed by atoms with Crippen molar-refractivity contribution in [3.8, 4) is 6.07 Å². The van der Waals surface area contributed by atoms with Gasteiger partial charge in [0, 0.05) is 6.04 Å². The van der Waals surface area contributed by atoms with Gasteiger partial charge in [0.2, 0.25) is 0 Å². The summed E-state index contributed by atoms with van der Waals surface area (Å²) in [5.41, 5.74) is 0. The predicted molar refractivity (Wildman–Crippen MR) is 51.8 cm³/mol. The van der Waals surface area contributed by atoms with Crippen molar-refractivity contribution in [2.24, 2.45) is 0 Å². The molecule has 2 nitrogen and oxygen atoms in total. The molecule has 0 rings (SSSR count). The Kier molecular flexibility index (Phi) is 8.15. The average molecular weight is 168 g/mol. The van der Waals surface area contributed by atoms with Gasteiger partial charge in [-0.1, -0.05) is 26.7 Å². The predicted octanol–water partition coefficient (Wildman–Crippen LogP) is 2.46. The van der Waals surface area contributed by atoms with Gasteiger partial charge in [0.15, 0.2) is 0 Å². The molecular formula is C10H20N2. The summed E-state index contributed by atoms with van der Waals surface area (Å²) in [4.78, 5) is 0. The summed E-state index contributed by atoms with van der Waals surface area (Å²) in [7, 11) is 0. The van der Waals surface area contributed by atoms with Crippen LogP contribution >= 0.6 is 0 Å². The Labute approximate surface area is 76.0 Å². The Morgan fingerprint density at radius 1 is 1.33 bits per heavy atom. The van der Waals surface area contributed by atoms with Gasteiger partial charge in [-0.2, -0.15) is 5.26 Å². The maximum Gasteiger partial charge on any atom is 0.0638 e. The maximum absolute atomic E-state index is 8.48. The number of rotatable bonds is 7. The van der Waals surface area contributed by atoms with Crippen LogP contribution in [-0.2, 0) is 0 Å². The minimum absolute atomic E-state index is 0.409. The lowest BCUT2D eigenvalue weighted by Gasteiger charge is -2.12. The van der Waals surface area contributed by atoms with Gasteiger partial charge in [0.1, 0.15) is 0 Å². The molecule has 0 aromatic carbocycles. The average Bonchev–Trinajstić information content (AvgIpc) is 2.10. The molecule has 0 heterocycles. The highest BCUT2D eigenvalue weighted by molar-refractivity contribution is 4.79. The lowest BCUT2D eigenvalue weighted by atomic mass is 10.1. The smallest absolute Gasteiger partial charge is 0.0638 e. The summed E-state index contributed by atoms with van der Waals surface area (Å²) < 4.78 is 0. The fraction of sp³-hybridized carbons (Fsp3) is 0.900. The summed E-state index contributed by atoms with van der Waals surface area (Å²) in [6.45, 7) is 5.38. The standard InChI is InChI=1S/C10H20N2/c1-3-5-6-9-12-10(4-2)7-8-11/h10,12H,3-7,9H2,1-2H3. The van der Waals surface area contributed by atoms with Crippen LogP contribution in [0.5, 0.6) is 0 Å². The zero-order valence-electron chi connectivity index (χ0n) is 8.27. The Morgan fingerprint density at radius 3 is 2.58 bits per heavy atom. The molecule has 0 bridgehead atoms. The summed E-state index contributed by atoms with van der Waals surface area (Å²) in [5.74, 6) is 0. The quantitative estimate of drug-likeness (QED) is 0.593. The van der Waals surface area contributed by atoms with Crippen LogP contribution in [0, 0.1) is 11.3 Å². The Morgan fingerprint density at radius 2 is 2.08 bits per heavy atom. The molecule has 70 valence electrons. The maximum atomic E-state index is 8.48. The molecule has 0 saturated heterocycles. The van der Waals surface area contributed by atoms with E-state index in [2.05, 4.69) is 25.2 Å². The molecule has 0 aliphatic heterocycles. The van der Waals surface area contributed by atoms with Crippen molar-refractivity contribution in [3.05, 3.63) is 0 Å². The fourth-order valence-corrected chi connectivity index (χ4v) is 1.15. The number of unbranched alkanes of at least 4 members (excludes halogenated alkanes) is 2. The molecule has 0 radical (unpaired) electrons. The molecule has 0 aromatic rings. The van der Waals surface area contributed by atoms with Crippen LogP contribution in [0.2, 0.25) is 0 Å².